The summed E-state index contributed by atoms with van der Waals surface area (Å²) < 4.78 is 0. The molecular formula is C27H29N9O. The van der Waals surface area contributed by atoms with Crippen LogP contribution in [0.1, 0.15) is 19.8 Å². The number of hydrogen-bond donors (Lipinski definition) is 3. The van der Waals surface area contributed by atoms with Crippen molar-refractivity contribution in [3.8, 4) is 22.6 Å². The summed E-state index contributed by atoms with van der Waals surface area (Å²) in [4.78, 5) is 34.1. The Labute approximate surface area is 214 Å². The second-order valence-electron chi connectivity index (χ2n) is 9.49. The van der Waals surface area contributed by atoms with Crippen molar-refractivity contribution in [2.75, 3.05) is 43.4 Å². The number of piperazine rings is 1. The molecule has 10 nitrogen and oxygen atoms in total. The zero-order chi connectivity index (χ0) is 25.4. The van der Waals surface area contributed by atoms with Gasteiger partial charge in [0.1, 0.15) is 16.9 Å². The molecule has 37 heavy (non-hydrogen) atoms. The van der Waals surface area contributed by atoms with Gasteiger partial charge in [-0.1, -0.05) is 6.92 Å². The SMILES string of the molecule is CCCC(=O)Nc1cncc(-c2ccc3[nH]nc(-c4cc5c(N6CCN(C)CC6)ccnc5[nH]4)c3n2)c1. The summed E-state index contributed by atoms with van der Waals surface area (Å²) in [6, 6.07) is 9.99. The maximum absolute atomic E-state index is 12.0. The molecule has 1 fully saturated rings. The summed E-state index contributed by atoms with van der Waals surface area (Å²) in [6.45, 7) is 6.02. The minimum atomic E-state index is -0.0228. The van der Waals surface area contributed by atoms with Crippen molar-refractivity contribution in [2.45, 2.75) is 19.8 Å². The van der Waals surface area contributed by atoms with Gasteiger partial charge in [-0.2, -0.15) is 5.10 Å². The van der Waals surface area contributed by atoms with Crippen molar-refractivity contribution in [3.63, 3.8) is 0 Å². The molecule has 10 heteroatoms. The van der Waals surface area contributed by atoms with E-state index in [1.165, 1.54) is 5.69 Å². The van der Waals surface area contributed by atoms with Gasteiger partial charge in [-0.05, 0) is 43.8 Å². The molecule has 1 amide bonds. The Morgan fingerprint density at radius 2 is 1.97 bits per heavy atom. The normalized spacial score (nSPS) is 14.5. The first-order valence-corrected chi connectivity index (χ1v) is 12.6. The lowest BCUT2D eigenvalue weighted by Crippen LogP contribution is -2.44. The van der Waals surface area contributed by atoms with Crippen molar-refractivity contribution >= 4 is 39.3 Å². The molecule has 1 aliphatic heterocycles. The zero-order valence-corrected chi connectivity index (χ0v) is 21.0. The van der Waals surface area contributed by atoms with Crippen LogP contribution >= 0.6 is 0 Å². The van der Waals surface area contributed by atoms with Gasteiger partial charge < -0.3 is 20.1 Å². The molecule has 0 aliphatic carbocycles. The molecule has 1 aliphatic rings. The summed E-state index contributed by atoms with van der Waals surface area (Å²) in [5, 5.41) is 11.7. The Hall–Kier alpha value is -4.31. The van der Waals surface area contributed by atoms with E-state index in [4.69, 9.17) is 4.98 Å². The largest absolute Gasteiger partial charge is 0.368 e. The van der Waals surface area contributed by atoms with Crippen LogP contribution < -0.4 is 10.2 Å². The van der Waals surface area contributed by atoms with E-state index in [2.05, 4.69) is 59.4 Å². The van der Waals surface area contributed by atoms with E-state index in [9.17, 15) is 4.79 Å². The Morgan fingerprint density at radius 3 is 2.81 bits per heavy atom. The summed E-state index contributed by atoms with van der Waals surface area (Å²) >= 11 is 0. The van der Waals surface area contributed by atoms with E-state index < -0.39 is 0 Å². The maximum Gasteiger partial charge on any atom is 0.224 e. The molecule has 5 aromatic rings. The highest BCUT2D eigenvalue weighted by Crippen LogP contribution is 2.33. The highest BCUT2D eigenvalue weighted by atomic mass is 16.1. The lowest BCUT2D eigenvalue weighted by molar-refractivity contribution is -0.116. The molecule has 6 heterocycles. The maximum atomic E-state index is 12.0. The highest BCUT2D eigenvalue weighted by Gasteiger charge is 2.20. The summed E-state index contributed by atoms with van der Waals surface area (Å²) in [5.74, 6) is -0.0228. The molecule has 3 N–H and O–H groups in total. The third kappa shape index (κ3) is 4.51. The number of H-pyrrole nitrogens is 2. The molecule has 0 unspecified atom stereocenters. The number of amides is 1. The molecule has 0 spiro atoms. The molecule has 5 aromatic heterocycles. The number of carbonyl (C=O) groups excluding carboxylic acids is 1. The average molecular weight is 496 g/mol. The van der Waals surface area contributed by atoms with Gasteiger partial charge >= 0.3 is 0 Å². The summed E-state index contributed by atoms with van der Waals surface area (Å²) in [6.07, 6.45) is 6.52. The van der Waals surface area contributed by atoms with Gasteiger partial charge in [0, 0.05) is 61.6 Å². The number of fused-ring (bicyclic) bond motifs is 2. The van der Waals surface area contributed by atoms with Gasteiger partial charge in [-0.15, -0.1) is 0 Å². The van der Waals surface area contributed by atoms with Gasteiger partial charge in [-0.25, -0.2) is 9.97 Å². The van der Waals surface area contributed by atoms with Crippen LogP contribution in [0.15, 0.2) is 48.9 Å². The molecule has 0 bridgehead atoms. The fourth-order valence-corrected chi connectivity index (χ4v) is 4.81. The zero-order valence-electron chi connectivity index (χ0n) is 21.0. The monoisotopic (exact) mass is 495 g/mol. The number of anilines is 2. The summed E-state index contributed by atoms with van der Waals surface area (Å²) in [7, 11) is 2.16. The molecule has 0 atom stereocenters. The third-order valence-electron chi connectivity index (χ3n) is 6.81. The molecule has 0 aromatic carbocycles. The van der Waals surface area contributed by atoms with Gasteiger partial charge in [-0.3, -0.25) is 14.9 Å². The van der Waals surface area contributed by atoms with E-state index in [0.717, 1.165) is 77.3 Å². The fourth-order valence-electron chi connectivity index (χ4n) is 4.81. The van der Waals surface area contributed by atoms with Crippen LogP contribution in [0.25, 0.3) is 44.7 Å². The lowest BCUT2D eigenvalue weighted by Gasteiger charge is -2.34. The van der Waals surface area contributed by atoms with Crippen LogP contribution in [0.5, 0.6) is 0 Å². The van der Waals surface area contributed by atoms with Crippen LogP contribution in [-0.4, -0.2) is 74.2 Å². The first-order chi connectivity index (χ1) is 18.1. The van der Waals surface area contributed by atoms with E-state index in [0.29, 0.717) is 12.1 Å². The Balaban J connectivity index is 1.35. The second-order valence-corrected chi connectivity index (χ2v) is 9.49. The number of carbonyl (C=O) groups is 1. The minimum absolute atomic E-state index is 0.0228. The number of likely N-dealkylation sites (N-methyl/N-ethyl adjacent to an activating group) is 1. The van der Waals surface area contributed by atoms with E-state index in [1.54, 1.807) is 12.4 Å². The topological polar surface area (TPSA) is 119 Å². The van der Waals surface area contributed by atoms with Crippen LogP contribution in [0.4, 0.5) is 11.4 Å². The van der Waals surface area contributed by atoms with E-state index >= 15 is 0 Å². The molecule has 0 radical (unpaired) electrons. The van der Waals surface area contributed by atoms with Gasteiger partial charge in [0.2, 0.25) is 5.91 Å². The van der Waals surface area contributed by atoms with Crippen molar-refractivity contribution in [1.82, 2.24) is 35.0 Å². The first-order valence-electron chi connectivity index (χ1n) is 12.6. The predicted octanol–water partition coefficient (Wildman–Crippen LogP) is 4.05. The van der Waals surface area contributed by atoms with E-state index in [1.807, 2.05) is 31.3 Å². The van der Waals surface area contributed by atoms with Crippen molar-refractivity contribution < 1.29 is 4.79 Å². The minimum Gasteiger partial charge on any atom is -0.368 e. The van der Waals surface area contributed by atoms with Gasteiger partial charge in [0.05, 0.1) is 28.8 Å². The fraction of sp³-hybridized carbons (Fsp3) is 0.296. The molecule has 188 valence electrons. The number of nitrogens with one attached hydrogen (secondary N) is 3. The van der Waals surface area contributed by atoms with Crippen molar-refractivity contribution in [1.29, 1.82) is 0 Å². The van der Waals surface area contributed by atoms with Crippen molar-refractivity contribution in [3.05, 3.63) is 48.9 Å². The Bertz CT molecular complexity index is 1580. The van der Waals surface area contributed by atoms with Crippen LogP contribution in [-0.2, 0) is 4.79 Å². The quantitative estimate of drug-likeness (QED) is 0.325. The number of aromatic amines is 2. The number of rotatable bonds is 6. The number of nitrogens with zero attached hydrogens (tertiary/aromatic N) is 6. The number of hydrogen-bond acceptors (Lipinski definition) is 7. The highest BCUT2D eigenvalue weighted by molar-refractivity contribution is 5.98. The predicted molar refractivity (Wildman–Crippen MR) is 145 cm³/mol. The first kappa shape index (κ1) is 23.1. The third-order valence-corrected chi connectivity index (χ3v) is 6.81. The standard InChI is InChI=1S/C27H29N9O/c1-3-4-24(37)30-18-13-17(15-28-16-18)20-5-6-21-25(31-20)26(34-33-21)22-14-19-23(7-8-29-27(19)32-22)36-11-9-35(2)10-12-36/h5-8,13-16H,3-4,9-12H2,1-2H3,(H,29,32)(H,30,37)(H,33,34). The molecular weight excluding hydrogens is 466 g/mol. The van der Waals surface area contributed by atoms with E-state index in [-0.39, 0.29) is 5.91 Å². The lowest BCUT2D eigenvalue weighted by atomic mass is 10.1. The summed E-state index contributed by atoms with van der Waals surface area (Å²) in [5.41, 5.74) is 7.43. The average Bonchev–Trinajstić information content (AvgIpc) is 3.53. The second kappa shape index (κ2) is 9.62. The van der Waals surface area contributed by atoms with Crippen LogP contribution in [0.3, 0.4) is 0 Å². The van der Waals surface area contributed by atoms with Gasteiger partial charge in [0.15, 0.2) is 0 Å². The number of pyridine rings is 3. The number of aromatic nitrogens is 6. The van der Waals surface area contributed by atoms with Crippen LogP contribution in [0.2, 0.25) is 0 Å². The van der Waals surface area contributed by atoms with Crippen LogP contribution in [0, 0.1) is 0 Å². The molecule has 0 saturated carbocycles. The smallest absolute Gasteiger partial charge is 0.224 e. The Kier molecular flexibility index (Phi) is 6.01. The van der Waals surface area contributed by atoms with Crippen molar-refractivity contribution in [2.24, 2.45) is 0 Å². The molecule has 6 rings (SSSR count). The van der Waals surface area contributed by atoms with Gasteiger partial charge in [0.25, 0.3) is 0 Å². The Morgan fingerprint density at radius 1 is 1.11 bits per heavy atom. The molecule has 1 saturated heterocycles.